The molecule has 0 unspecified atom stereocenters. The Hall–Kier alpha value is -1.75. The summed E-state index contributed by atoms with van der Waals surface area (Å²) in [7, 11) is 1.95. The second kappa shape index (κ2) is 6.79. The van der Waals surface area contributed by atoms with Crippen molar-refractivity contribution in [3.63, 3.8) is 0 Å². The number of fused-ring (bicyclic) bond motifs is 1. The normalized spacial score (nSPS) is 11.3. The average Bonchev–Trinajstić information content (AvgIpc) is 2.85. The van der Waals surface area contributed by atoms with Gasteiger partial charge in [-0.2, -0.15) is 5.10 Å². The van der Waals surface area contributed by atoms with Gasteiger partial charge in [-0.3, -0.25) is 4.68 Å². The number of halogens is 2. The van der Waals surface area contributed by atoms with Crippen LogP contribution in [0.4, 0.5) is 0 Å². The van der Waals surface area contributed by atoms with Crippen molar-refractivity contribution < 1.29 is 5.11 Å². The molecule has 0 bridgehead atoms. The number of aromatic nitrogens is 2. The number of para-hydroxylation sites is 1. The Morgan fingerprint density at radius 3 is 2.83 bits per heavy atom. The third-order valence-electron chi connectivity index (χ3n) is 3.80. The van der Waals surface area contributed by atoms with Crippen molar-refractivity contribution in [2.45, 2.75) is 13.0 Å². The van der Waals surface area contributed by atoms with Gasteiger partial charge in [0.1, 0.15) is 5.75 Å². The maximum Gasteiger partial charge on any atom is 0.138 e. The Balaban J connectivity index is 1.64. The van der Waals surface area contributed by atoms with Gasteiger partial charge in [-0.15, -0.1) is 0 Å². The zero-order valence-corrected chi connectivity index (χ0v) is 14.2. The van der Waals surface area contributed by atoms with Crippen LogP contribution in [0.25, 0.3) is 10.9 Å². The molecule has 0 amide bonds. The molecule has 120 valence electrons. The highest BCUT2D eigenvalue weighted by Gasteiger charge is 2.09. The van der Waals surface area contributed by atoms with Gasteiger partial charge in [-0.1, -0.05) is 41.4 Å². The lowest BCUT2D eigenvalue weighted by Crippen LogP contribution is -2.17. The molecule has 3 rings (SSSR count). The first kappa shape index (κ1) is 16.1. The molecule has 1 heterocycles. The third kappa shape index (κ3) is 3.44. The predicted octanol–water partition coefficient (Wildman–Crippen LogP) is 3.92. The number of hydrogen-bond donors (Lipinski definition) is 2. The summed E-state index contributed by atoms with van der Waals surface area (Å²) in [6, 6.07) is 11.4. The van der Waals surface area contributed by atoms with Gasteiger partial charge in [0, 0.05) is 42.5 Å². The van der Waals surface area contributed by atoms with E-state index in [0.29, 0.717) is 17.1 Å². The van der Waals surface area contributed by atoms with Gasteiger partial charge in [0.05, 0.1) is 16.2 Å². The Morgan fingerprint density at radius 1 is 1.22 bits per heavy atom. The Kier molecular flexibility index (Phi) is 4.76. The number of aryl methyl sites for hydroxylation is 1. The number of nitrogens with zero attached hydrogens (tertiary/aromatic N) is 2. The molecule has 0 atom stereocenters. The van der Waals surface area contributed by atoms with Crippen molar-refractivity contribution in [3.8, 4) is 5.75 Å². The van der Waals surface area contributed by atoms with E-state index in [4.69, 9.17) is 23.2 Å². The van der Waals surface area contributed by atoms with E-state index in [1.165, 1.54) is 11.5 Å². The van der Waals surface area contributed by atoms with Crippen molar-refractivity contribution in [2.75, 3.05) is 6.54 Å². The summed E-state index contributed by atoms with van der Waals surface area (Å²) < 4.78 is 1.90. The first-order chi connectivity index (χ1) is 11.1. The lowest BCUT2D eigenvalue weighted by Gasteiger charge is -2.08. The van der Waals surface area contributed by atoms with Crippen LogP contribution in [0.1, 0.15) is 11.3 Å². The van der Waals surface area contributed by atoms with Crippen LogP contribution in [-0.4, -0.2) is 21.4 Å². The molecule has 0 aliphatic heterocycles. The number of benzene rings is 2. The van der Waals surface area contributed by atoms with Crippen LogP contribution in [0.5, 0.6) is 5.75 Å². The molecule has 6 heteroatoms. The summed E-state index contributed by atoms with van der Waals surface area (Å²) in [5, 5.41) is 19.7. The van der Waals surface area contributed by atoms with Gasteiger partial charge in [0.2, 0.25) is 0 Å². The second-order valence-electron chi connectivity index (χ2n) is 5.41. The number of rotatable bonds is 5. The topological polar surface area (TPSA) is 50.1 Å². The fraction of sp³-hybridized carbons (Fsp3) is 0.235. The van der Waals surface area contributed by atoms with Crippen molar-refractivity contribution in [1.29, 1.82) is 0 Å². The lowest BCUT2D eigenvalue weighted by molar-refractivity contribution is 0.465. The molecule has 0 radical (unpaired) electrons. The van der Waals surface area contributed by atoms with Gasteiger partial charge < -0.3 is 10.4 Å². The Labute approximate surface area is 144 Å². The quantitative estimate of drug-likeness (QED) is 0.686. The fourth-order valence-corrected chi connectivity index (χ4v) is 3.19. The van der Waals surface area contributed by atoms with E-state index in [0.717, 1.165) is 24.2 Å². The van der Waals surface area contributed by atoms with E-state index in [-0.39, 0.29) is 10.8 Å². The molecular weight excluding hydrogens is 333 g/mol. The largest absolute Gasteiger partial charge is 0.506 e. The number of nitrogens with one attached hydrogen (secondary N) is 1. The molecule has 0 aliphatic carbocycles. The van der Waals surface area contributed by atoms with Crippen molar-refractivity contribution >= 4 is 34.1 Å². The van der Waals surface area contributed by atoms with Gasteiger partial charge in [0.15, 0.2) is 0 Å². The molecule has 0 aliphatic rings. The molecule has 0 saturated carbocycles. The van der Waals surface area contributed by atoms with Crippen molar-refractivity contribution in [2.24, 2.45) is 7.05 Å². The lowest BCUT2D eigenvalue weighted by atomic mass is 10.1. The van der Waals surface area contributed by atoms with Crippen molar-refractivity contribution in [1.82, 2.24) is 15.1 Å². The molecule has 3 aromatic rings. The molecule has 2 aromatic carbocycles. The van der Waals surface area contributed by atoms with Gasteiger partial charge in [-0.25, -0.2) is 0 Å². The molecule has 0 spiro atoms. The summed E-state index contributed by atoms with van der Waals surface area (Å²) in [4.78, 5) is 0. The van der Waals surface area contributed by atoms with E-state index < -0.39 is 0 Å². The molecule has 0 saturated heterocycles. The van der Waals surface area contributed by atoms with Crippen LogP contribution in [0, 0.1) is 0 Å². The van der Waals surface area contributed by atoms with Crippen LogP contribution < -0.4 is 5.32 Å². The third-order valence-corrected chi connectivity index (χ3v) is 4.30. The van der Waals surface area contributed by atoms with Gasteiger partial charge in [-0.05, 0) is 18.2 Å². The van der Waals surface area contributed by atoms with E-state index in [1.807, 2.05) is 23.9 Å². The standard InChI is InChI=1S/C17H17Cl2N3O/c1-22-16-5-3-2-4-13(16)15(21-22)6-7-20-10-11-8-12(18)9-14(19)17(11)23/h2-5,8-9,20,23H,6-7,10H2,1H3. The highest BCUT2D eigenvalue weighted by molar-refractivity contribution is 6.35. The molecule has 4 nitrogen and oxygen atoms in total. The monoisotopic (exact) mass is 349 g/mol. The van der Waals surface area contributed by atoms with E-state index in [9.17, 15) is 5.11 Å². The van der Waals surface area contributed by atoms with Crippen LogP contribution in [-0.2, 0) is 20.0 Å². The summed E-state index contributed by atoms with van der Waals surface area (Å²) >= 11 is 11.9. The minimum atomic E-state index is 0.0758. The van der Waals surface area contributed by atoms with Gasteiger partial charge >= 0.3 is 0 Å². The maximum absolute atomic E-state index is 9.94. The predicted molar refractivity (Wildman–Crippen MR) is 94.3 cm³/mol. The highest BCUT2D eigenvalue weighted by atomic mass is 35.5. The van der Waals surface area contributed by atoms with Crippen molar-refractivity contribution in [3.05, 3.63) is 57.7 Å². The number of phenols is 1. The van der Waals surface area contributed by atoms with Crippen LogP contribution >= 0.6 is 23.2 Å². The SMILES string of the molecule is Cn1nc(CCNCc2cc(Cl)cc(Cl)c2O)c2ccccc21. The zero-order chi connectivity index (χ0) is 16.4. The second-order valence-corrected chi connectivity index (χ2v) is 6.25. The Bertz CT molecular complexity index is 845. The minimum Gasteiger partial charge on any atom is -0.506 e. The molecule has 0 fully saturated rings. The van der Waals surface area contributed by atoms with Crippen LogP contribution in [0.3, 0.4) is 0 Å². The summed E-state index contributed by atoms with van der Waals surface area (Å²) in [6.07, 6.45) is 0.802. The molecule has 1 aromatic heterocycles. The van der Waals surface area contributed by atoms with E-state index >= 15 is 0 Å². The molecular formula is C17H17Cl2N3O. The minimum absolute atomic E-state index is 0.0758. The summed E-state index contributed by atoms with van der Waals surface area (Å²) in [6.45, 7) is 1.24. The molecule has 2 N–H and O–H groups in total. The van der Waals surface area contributed by atoms with Crippen LogP contribution in [0.15, 0.2) is 36.4 Å². The van der Waals surface area contributed by atoms with E-state index in [1.54, 1.807) is 6.07 Å². The van der Waals surface area contributed by atoms with E-state index in [2.05, 4.69) is 22.5 Å². The Morgan fingerprint density at radius 2 is 2.00 bits per heavy atom. The maximum atomic E-state index is 9.94. The number of phenolic OH excluding ortho intramolecular Hbond substituents is 1. The molecule has 23 heavy (non-hydrogen) atoms. The highest BCUT2D eigenvalue weighted by Crippen LogP contribution is 2.30. The van der Waals surface area contributed by atoms with Gasteiger partial charge in [0.25, 0.3) is 0 Å². The summed E-state index contributed by atoms with van der Waals surface area (Å²) in [5.41, 5.74) is 2.87. The fourth-order valence-electron chi connectivity index (χ4n) is 2.66. The first-order valence-electron chi connectivity index (χ1n) is 7.34. The van der Waals surface area contributed by atoms with Crippen LogP contribution in [0.2, 0.25) is 10.0 Å². The zero-order valence-electron chi connectivity index (χ0n) is 12.7. The summed E-state index contributed by atoms with van der Waals surface area (Å²) in [5.74, 6) is 0.0758. The number of hydrogen-bond acceptors (Lipinski definition) is 3. The first-order valence-corrected chi connectivity index (χ1v) is 8.10. The average molecular weight is 350 g/mol. The smallest absolute Gasteiger partial charge is 0.138 e. The number of aromatic hydroxyl groups is 1.